The van der Waals surface area contributed by atoms with Gasteiger partial charge in [-0.3, -0.25) is 10.9 Å². The number of benzene rings is 1. The van der Waals surface area contributed by atoms with Gasteiger partial charge in [-0.15, -0.1) is 11.8 Å². The fourth-order valence-electron chi connectivity index (χ4n) is 2.55. The largest absolute Gasteiger partial charge is 0.348 e. The van der Waals surface area contributed by atoms with Crippen LogP contribution in [0, 0.1) is 0 Å². The highest BCUT2D eigenvalue weighted by Crippen LogP contribution is 2.15. The molecule has 0 atom stereocenters. The standard InChI is InChI=1S/C20H32N6S3/c1-7-25(8-2)19(27)23-21-15(5)18(16-11-13-17(29-6)14-12-16)22-24-20(28)26(9-3)10-4/h11-14H,7-10H2,1-6H3,(H,23,27)(H,24,28). The van der Waals surface area contributed by atoms with E-state index in [1.165, 1.54) is 4.90 Å². The molecule has 0 spiro atoms. The Morgan fingerprint density at radius 1 is 0.862 bits per heavy atom. The van der Waals surface area contributed by atoms with Crippen molar-refractivity contribution in [2.45, 2.75) is 39.5 Å². The molecule has 6 nitrogen and oxygen atoms in total. The van der Waals surface area contributed by atoms with E-state index in [-0.39, 0.29) is 0 Å². The van der Waals surface area contributed by atoms with Crippen LogP contribution in [-0.2, 0) is 0 Å². The quantitative estimate of drug-likeness (QED) is 0.255. The van der Waals surface area contributed by atoms with E-state index in [1.54, 1.807) is 11.8 Å². The number of thiocarbonyl (C=S) groups is 2. The predicted molar refractivity (Wildman–Crippen MR) is 135 cm³/mol. The number of hydrazone groups is 2. The van der Waals surface area contributed by atoms with Crippen LogP contribution in [0.1, 0.15) is 40.2 Å². The summed E-state index contributed by atoms with van der Waals surface area (Å²) in [5.74, 6) is 0. The Labute approximate surface area is 190 Å². The Morgan fingerprint density at radius 2 is 1.31 bits per heavy atom. The molecule has 2 N–H and O–H groups in total. The maximum Gasteiger partial charge on any atom is 0.189 e. The number of nitrogens with zero attached hydrogens (tertiary/aromatic N) is 4. The molecule has 0 aliphatic heterocycles. The van der Waals surface area contributed by atoms with Crippen molar-refractivity contribution in [3.63, 3.8) is 0 Å². The van der Waals surface area contributed by atoms with Gasteiger partial charge in [0.15, 0.2) is 10.2 Å². The van der Waals surface area contributed by atoms with Crippen molar-refractivity contribution in [2.75, 3.05) is 32.4 Å². The van der Waals surface area contributed by atoms with E-state index in [9.17, 15) is 0 Å². The summed E-state index contributed by atoms with van der Waals surface area (Å²) in [6.45, 7) is 13.5. The molecular formula is C20H32N6S3. The van der Waals surface area contributed by atoms with Gasteiger partial charge in [-0.25, -0.2) is 0 Å². The normalized spacial score (nSPS) is 11.8. The fraction of sp³-hybridized carbons (Fsp3) is 0.500. The van der Waals surface area contributed by atoms with E-state index in [0.717, 1.165) is 31.7 Å². The van der Waals surface area contributed by atoms with E-state index in [2.05, 4.69) is 67.1 Å². The van der Waals surface area contributed by atoms with Gasteiger partial charge in [0.05, 0.1) is 5.71 Å². The summed E-state index contributed by atoms with van der Waals surface area (Å²) in [6, 6.07) is 8.21. The molecule has 0 bridgehead atoms. The van der Waals surface area contributed by atoms with Gasteiger partial charge < -0.3 is 9.80 Å². The first-order valence-electron chi connectivity index (χ1n) is 9.78. The van der Waals surface area contributed by atoms with Gasteiger partial charge in [0.2, 0.25) is 0 Å². The summed E-state index contributed by atoms with van der Waals surface area (Å²) in [7, 11) is 0. The second-order valence-corrected chi connectivity index (χ2v) is 7.72. The molecule has 0 heterocycles. The molecule has 0 aliphatic rings. The van der Waals surface area contributed by atoms with Crippen molar-refractivity contribution < 1.29 is 0 Å². The molecule has 1 aromatic rings. The van der Waals surface area contributed by atoms with Crippen LogP contribution in [-0.4, -0.2) is 63.9 Å². The SMILES string of the molecule is CCN(CC)C(=S)NN=C(C)C(=NNC(=S)N(CC)CC)c1ccc(SC)cc1. The van der Waals surface area contributed by atoms with Crippen molar-refractivity contribution in [2.24, 2.45) is 10.2 Å². The number of rotatable bonds is 9. The van der Waals surface area contributed by atoms with E-state index in [4.69, 9.17) is 24.4 Å². The van der Waals surface area contributed by atoms with E-state index >= 15 is 0 Å². The van der Waals surface area contributed by atoms with Crippen LogP contribution >= 0.6 is 36.2 Å². The third-order valence-corrected chi connectivity index (χ3v) is 5.83. The minimum Gasteiger partial charge on any atom is -0.348 e. The maximum atomic E-state index is 5.46. The van der Waals surface area contributed by atoms with Gasteiger partial charge in [0.25, 0.3) is 0 Å². The molecular weight excluding hydrogens is 420 g/mol. The van der Waals surface area contributed by atoms with Crippen LogP contribution in [0.4, 0.5) is 0 Å². The van der Waals surface area contributed by atoms with Gasteiger partial charge in [-0.2, -0.15) is 10.2 Å². The highest BCUT2D eigenvalue weighted by atomic mass is 32.2. The lowest BCUT2D eigenvalue weighted by atomic mass is 10.1. The number of hydrogen-bond acceptors (Lipinski definition) is 5. The van der Waals surface area contributed by atoms with Crippen LogP contribution in [0.5, 0.6) is 0 Å². The first-order valence-corrected chi connectivity index (χ1v) is 11.8. The fourth-order valence-corrected chi connectivity index (χ4v) is 3.57. The minimum atomic E-state index is 0.590. The maximum absolute atomic E-state index is 5.46. The molecule has 29 heavy (non-hydrogen) atoms. The Morgan fingerprint density at radius 3 is 1.72 bits per heavy atom. The summed E-state index contributed by atoms with van der Waals surface area (Å²) in [5, 5.41) is 10.2. The third-order valence-electron chi connectivity index (χ3n) is 4.39. The van der Waals surface area contributed by atoms with Crippen molar-refractivity contribution in [3.05, 3.63) is 29.8 Å². The minimum absolute atomic E-state index is 0.590. The van der Waals surface area contributed by atoms with Crippen LogP contribution in [0.15, 0.2) is 39.4 Å². The average Bonchev–Trinajstić information content (AvgIpc) is 2.74. The Bertz CT molecular complexity index is 722. The van der Waals surface area contributed by atoms with Crippen LogP contribution in [0.2, 0.25) is 0 Å². The lowest BCUT2D eigenvalue weighted by Gasteiger charge is -2.21. The van der Waals surface area contributed by atoms with Gasteiger partial charge >= 0.3 is 0 Å². The molecule has 0 aromatic heterocycles. The average molecular weight is 453 g/mol. The molecule has 0 radical (unpaired) electrons. The molecule has 0 saturated heterocycles. The molecule has 160 valence electrons. The van der Waals surface area contributed by atoms with Gasteiger partial charge in [0, 0.05) is 36.6 Å². The third kappa shape index (κ3) is 7.91. The van der Waals surface area contributed by atoms with E-state index in [1.807, 2.05) is 28.9 Å². The van der Waals surface area contributed by atoms with E-state index in [0.29, 0.717) is 21.6 Å². The summed E-state index contributed by atoms with van der Waals surface area (Å²) in [5.41, 5.74) is 8.37. The lowest BCUT2D eigenvalue weighted by molar-refractivity contribution is 0.457. The summed E-state index contributed by atoms with van der Waals surface area (Å²) in [6.07, 6.45) is 2.05. The molecule has 0 aliphatic carbocycles. The van der Waals surface area contributed by atoms with E-state index < -0.39 is 0 Å². The highest BCUT2D eigenvalue weighted by Gasteiger charge is 2.11. The highest BCUT2D eigenvalue weighted by molar-refractivity contribution is 7.98. The summed E-state index contributed by atoms with van der Waals surface area (Å²) in [4.78, 5) is 5.26. The Kier molecular flexibility index (Phi) is 11.8. The zero-order valence-corrected chi connectivity index (χ0v) is 20.6. The van der Waals surface area contributed by atoms with Crippen molar-refractivity contribution in [1.29, 1.82) is 0 Å². The van der Waals surface area contributed by atoms with Gasteiger partial charge in [0.1, 0.15) is 5.71 Å². The molecule has 0 unspecified atom stereocenters. The molecule has 0 amide bonds. The second kappa shape index (κ2) is 13.5. The topological polar surface area (TPSA) is 55.3 Å². The van der Waals surface area contributed by atoms with Gasteiger partial charge in [-0.05, 0) is 77.4 Å². The monoisotopic (exact) mass is 452 g/mol. The first kappa shape index (κ1) is 25.3. The van der Waals surface area contributed by atoms with Gasteiger partial charge in [-0.1, -0.05) is 12.1 Å². The van der Waals surface area contributed by atoms with Crippen LogP contribution in [0.3, 0.4) is 0 Å². The predicted octanol–water partition coefficient (Wildman–Crippen LogP) is 3.92. The summed E-state index contributed by atoms with van der Waals surface area (Å²) < 4.78 is 0. The zero-order valence-electron chi connectivity index (χ0n) is 18.2. The Balaban J connectivity index is 3.14. The second-order valence-electron chi connectivity index (χ2n) is 6.06. The zero-order chi connectivity index (χ0) is 21.8. The van der Waals surface area contributed by atoms with Crippen molar-refractivity contribution >= 4 is 57.8 Å². The van der Waals surface area contributed by atoms with Crippen LogP contribution < -0.4 is 10.9 Å². The molecule has 9 heteroatoms. The van der Waals surface area contributed by atoms with Crippen LogP contribution in [0.25, 0.3) is 0 Å². The number of hydrogen-bond donors (Lipinski definition) is 2. The lowest BCUT2D eigenvalue weighted by Crippen LogP contribution is -2.39. The molecule has 0 saturated carbocycles. The smallest absolute Gasteiger partial charge is 0.189 e. The Hall–Kier alpha value is -1.71. The molecule has 1 aromatic carbocycles. The first-order chi connectivity index (χ1) is 13.9. The molecule has 0 fully saturated rings. The molecule has 1 rings (SSSR count). The van der Waals surface area contributed by atoms with Crippen molar-refractivity contribution in [1.82, 2.24) is 20.7 Å². The summed E-state index contributed by atoms with van der Waals surface area (Å²) >= 11 is 12.6. The number of thioether (sulfide) groups is 1. The van der Waals surface area contributed by atoms with Crippen molar-refractivity contribution in [3.8, 4) is 0 Å². The number of nitrogens with one attached hydrogen (secondary N) is 2.